The van der Waals surface area contributed by atoms with Gasteiger partial charge in [0.05, 0.1) is 0 Å². The molecular formula is C10H17BrN2S. The molecule has 4 heteroatoms. The predicted molar refractivity (Wildman–Crippen MR) is 67.0 cm³/mol. The maximum absolute atomic E-state index is 3.48. The summed E-state index contributed by atoms with van der Waals surface area (Å²) in [6, 6.07) is 2.20. The fraction of sp³-hybridized carbons (Fsp3) is 0.600. The van der Waals surface area contributed by atoms with Gasteiger partial charge in [0.15, 0.2) is 0 Å². The Morgan fingerprint density at radius 2 is 2.21 bits per heavy atom. The van der Waals surface area contributed by atoms with Crippen molar-refractivity contribution in [2.24, 2.45) is 0 Å². The monoisotopic (exact) mass is 276 g/mol. The third kappa shape index (κ3) is 3.35. The molecule has 0 aliphatic carbocycles. The molecule has 2 nitrogen and oxygen atoms in total. The van der Waals surface area contributed by atoms with E-state index in [-0.39, 0.29) is 5.41 Å². The van der Waals surface area contributed by atoms with Crippen LogP contribution in [0.2, 0.25) is 0 Å². The van der Waals surface area contributed by atoms with Crippen LogP contribution in [0.3, 0.4) is 0 Å². The van der Waals surface area contributed by atoms with Crippen LogP contribution in [0.25, 0.3) is 0 Å². The van der Waals surface area contributed by atoms with Gasteiger partial charge < -0.3 is 10.6 Å². The largest absolute Gasteiger partial charge is 0.308 e. The van der Waals surface area contributed by atoms with E-state index in [9.17, 15) is 0 Å². The van der Waals surface area contributed by atoms with Gasteiger partial charge in [-0.2, -0.15) is 0 Å². The Morgan fingerprint density at radius 1 is 1.50 bits per heavy atom. The molecule has 0 aromatic carbocycles. The van der Waals surface area contributed by atoms with Gasteiger partial charge in [0, 0.05) is 33.4 Å². The van der Waals surface area contributed by atoms with Crippen LogP contribution in [0.1, 0.15) is 18.7 Å². The van der Waals surface area contributed by atoms with Crippen LogP contribution >= 0.6 is 27.3 Å². The lowest BCUT2D eigenvalue weighted by molar-refractivity contribution is 0.467. The minimum Gasteiger partial charge on any atom is -0.308 e. The van der Waals surface area contributed by atoms with Crippen LogP contribution in [0.4, 0.5) is 0 Å². The molecule has 1 aromatic rings. The van der Waals surface area contributed by atoms with E-state index in [1.54, 1.807) is 0 Å². The Labute approximate surface area is 98.2 Å². The maximum Gasteiger partial charge on any atom is 0.0452 e. The first-order valence-corrected chi connectivity index (χ1v) is 6.33. The number of hydrogen-bond donors (Lipinski definition) is 2. The first-order chi connectivity index (χ1) is 6.56. The summed E-state index contributed by atoms with van der Waals surface area (Å²) in [5.41, 5.74) is 0.202. The fourth-order valence-corrected chi connectivity index (χ4v) is 2.81. The smallest absolute Gasteiger partial charge is 0.0452 e. The topological polar surface area (TPSA) is 24.1 Å². The van der Waals surface area contributed by atoms with E-state index in [1.807, 2.05) is 18.4 Å². The normalized spacial score (nSPS) is 12.0. The van der Waals surface area contributed by atoms with E-state index in [2.05, 4.69) is 51.9 Å². The van der Waals surface area contributed by atoms with Gasteiger partial charge in [-0.3, -0.25) is 0 Å². The van der Waals surface area contributed by atoms with E-state index < -0.39 is 0 Å². The Morgan fingerprint density at radius 3 is 2.71 bits per heavy atom. The quantitative estimate of drug-likeness (QED) is 0.638. The molecule has 0 unspecified atom stereocenters. The van der Waals surface area contributed by atoms with Gasteiger partial charge in [-0.15, -0.1) is 11.3 Å². The highest BCUT2D eigenvalue weighted by molar-refractivity contribution is 9.10. The Hall–Kier alpha value is 0.1000. The molecule has 0 aliphatic rings. The molecule has 1 heterocycles. The zero-order valence-corrected chi connectivity index (χ0v) is 11.3. The maximum atomic E-state index is 3.48. The first kappa shape index (κ1) is 12.2. The van der Waals surface area contributed by atoms with Gasteiger partial charge in [0.1, 0.15) is 0 Å². The van der Waals surface area contributed by atoms with Crippen molar-refractivity contribution in [3.8, 4) is 0 Å². The highest BCUT2D eigenvalue weighted by Crippen LogP contribution is 2.30. The van der Waals surface area contributed by atoms with Crippen molar-refractivity contribution in [1.82, 2.24) is 10.6 Å². The molecule has 0 fully saturated rings. The van der Waals surface area contributed by atoms with E-state index >= 15 is 0 Å². The number of halogens is 1. The van der Waals surface area contributed by atoms with Crippen LogP contribution in [-0.4, -0.2) is 20.3 Å². The second-order valence-electron chi connectivity index (χ2n) is 3.97. The van der Waals surface area contributed by atoms with Crippen LogP contribution in [0.5, 0.6) is 0 Å². The van der Waals surface area contributed by atoms with Crippen molar-refractivity contribution < 1.29 is 0 Å². The summed E-state index contributed by atoms with van der Waals surface area (Å²) >= 11 is 5.29. The first-order valence-electron chi connectivity index (χ1n) is 4.66. The Bertz CT molecular complexity index is 283. The van der Waals surface area contributed by atoms with Crippen LogP contribution in [0.15, 0.2) is 15.9 Å². The molecule has 0 bridgehead atoms. The molecule has 0 saturated heterocycles. The molecule has 14 heavy (non-hydrogen) atoms. The predicted octanol–water partition coefficient (Wildman–Crippen LogP) is 2.55. The minimum absolute atomic E-state index is 0.202. The average molecular weight is 277 g/mol. The van der Waals surface area contributed by atoms with E-state index in [1.165, 1.54) is 9.35 Å². The molecule has 0 radical (unpaired) electrons. The standard InChI is InChI=1S/C10H17BrN2S/c1-10(2,6-13-7-12-3)9-4-8(11)5-14-9/h4-5,12-13H,6-7H2,1-3H3. The lowest BCUT2D eigenvalue weighted by Crippen LogP contribution is -2.36. The van der Waals surface area contributed by atoms with E-state index in [0.717, 1.165) is 13.2 Å². The Kier molecular flexibility index (Phi) is 4.57. The molecule has 1 aromatic heterocycles. The van der Waals surface area contributed by atoms with E-state index in [0.29, 0.717) is 0 Å². The highest BCUT2D eigenvalue weighted by atomic mass is 79.9. The molecule has 80 valence electrons. The van der Waals surface area contributed by atoms with Crippen molar-refractivity contribution in [3.63, 3.8) is 0 Å². The van der Waals surface area contributed by atoms with Crippen LogP contribution in [0, 0.1) is 0 Å². The SMILES string of the molecule is CNCNCC(C)(C)c1cc(Br)cs1. The van der Waals surface area contributed by atoms with Crippen LogP contribution in [-0.2, 0) is 5.41 Å². The molecule has 1 rings (SSSR count). The third-order valence-electron chi connectivity index (χ3n) is 2.10. The zero-order valence-electron chi connectivity index (χ0n) is 8.86. The van der Waals surface area contributed by atoms with Crippen molar-refractivity contribution >= 4 is 27.3 Å². The number of rotatable bonds is 5. The van der Waals surface area contributed by atoms with Gasteiger partial charge in [0.2, 0.25) is 0 Å². The Balaban J connectivity index is 2.56. The summed E-state index contributed by atoms with van der Waals surface area (Å²) in [6.07, 6.45) is 0. The number of hydrogen-bond acceptors (Lipinski definition) is 3. The van der Waals surface area contributed by atoms with Crippen molar-refractivity contribution in [2.45, 2.75) is 19.3 Å². The van der Waals surface area contributed by atoms with Gasteiger partial charge in [-0.1, -0.05) is 13.8 Å². The van der Waals surface area contributed by atoms with Gasteiger partial charge in [-0.25, -0.2) is 0 Å². The molecule has 2 N–H and O–H groups in total. The highest BCUT2D eigenvalue weighted by Gasteiger charge is 2.21. The molecule has 0 amide bonds. The summed E-state index contributed by atoms with van der Waals surface area (Å²) in [5, 5.41) is 8.58. The third-order valence-corrected chi connectivity index (χ3v) is 4.16. The molecule has 0 spiro atoms. The molecular weight excluding hydrogens is 260 g/mol. The number of nitrogens with one attached hydrogen (secondary N) is 2. The summed E-state index contributed by atoms with van der Waals surface area (Å²) in [5.74, 6) is 0. The minimum atomic E-state index is 0.202. The molecule has 0 aliphatic heterocycles. The second kappa shape index (κ2) is 5.26. The lowest BCUT2D eigenvalue weighted by Gasteiger charge is -2.23. The van der Waals surface area contributed by atoms with Gasteiger partial charge in [0.25, 0.3) is 0 Å². The van der Waals surface area contributed by atoms with Gasteiger partial charge in [-0.05, 0) is 29.0 Å². The van der Waals surface area contributed by atoms with E-state index in [4.69, 9.17) is 0 Å². The zero-order chi connectivity index (χ0) is 10.6. The lowest BCUT2D eigenvalue weighted by atomic mass is 9.91. The summed E-state index contributed by atoms with van der Waals surface area (Å²) in [6.45, 7) is 6.36. The molecule has 0 atom stereocenters. The average Bonchev–Trinajstić information content (AvgIpc) is 2.53. The summed E-state index contributed by atoms with van der Waals surface area (Å²) in [7, 11) is 1.95. The van der Waals surface area contributed by atoms with Crippen LogP contribution < -0.4 is 10.6 Å². The molecule has 0 saturated carbocycles. The number of thiophene rings is 1. The van der Waals surface area contributed by atoms with Crippen molar-refractivity contribution in [3.05, 3.63) is 20.8 Å². The second-order valence-corrected chi connectivity index (χ2v) is 5.80. The van der Waals surface area contributed by atoms with Crippen molar-refractivity contribution in [1.29, 1.82) is 0 Å². The fourth-order valence-electron chi connectivity index (χ4n) is 1.26. The summed E-state index contributed by atoms with van der Waals surface area (Å²) in [4.78, 5) is 1.41. The summed E-state index contributed by atoms with van der Waals surface area (Å²) < 4.78 is 1.18. The van der Waals surface area contributed by atoms with Crippen molar-refractivity contribution in [2.75, 3.05) is 20.3 Å². The van der Waals surface area contributed by atoms with Gasteiger partial charge >= 0.3 is 0 Å².